The lowest BCUT2D eigenvalue weighted by Crippen LogP contribution is -2.44. The van der Waals surface area contributed by atoms with Gasteiger partial charge < -0.3 is 15.5 Å². The quantitative estimate of drug-likeness (QED) is 0.557. The van der Waals surface area contributed by atoms with Crippen LogP contribution in [-0.4, -0.2) is 40.5 Å². The van der Waals surface area contributed by atoms with Gasteiger partial charge in [0.25, 0.3) is 5.91 Å². The maximum Gasteiger partial charge on any atom is 0.251 e. The molecule has 6 nitrogen and oxygen atoms in total. The number of nitrogens with one attached hydrogen (secondary N) is 2. The fourth-order valence-electron chi connectivity index (χ4n) is 3.28. The van der Waals surface area contributed by atoms with E-state index in [-0.39, 0.29) is 16.4 Å². The van der Waals surface area contributed by atoms with Crippen molar-refractivity contribution in [3.8, 4) is 0 Å². The van der Waals surface area contributed by atoms with E-state index in [1.54, 1.807) is 0 Å². The average molecular weight is 432 g/mol. The Morgan fingerprint density at radius 3 is 2.48 bits per heavy atom. The molecule has 0 aliphatic heterocycles. The van der Waals surface area contributed by atoms with Crippen LogP contribution in [0.25, 0.3) is 0 Å². The molecule has 1 aliphatic carbocycles. The van der Waals surface area contributed by atoms with E-state index in [0.717, 1.165) is 43.1 Å². The van der Waals surface area contributed by atoms with Crippen LogP contribution in [0.1, 0.15) is 41.9 Å². The molecule has 0 radical (unpaired) electrons. The minimum atomic E-state index is -0.217. The van der Waals surface area contributed by atoms with Crippen LogP contribution in [0.4, 0.5) is 11.6 Å². The van der Waals surface area contributed by atoms with Crippen molar-refractivity contribution in [2.24, 2.45) is 0 Å². The van der Waals surface area contributed by atoms with Crippen molar-refractivity contribution >= 4 is 33.5 Å². The molecule has 0 spiro atoms. The van der Waals surface area contributed by atoms with E-state index < -0.39 is 0 Å². The SMILES string of the molecule is Cc1nc(NC2(Br)CCC(NC(=O)c3ccccc3)CC2)cc(N(C)C)n1. The Morgan fingerprint density at radius 1 is 1.19 bits per heavy atom. The number of hydrogen-bond donors (Lipinski definition) is 2. The number of aryl methyl sites for hydroxylation is 1. The molecule has 2 N–H and O–H groups in total. The van der Waals surface area contributed by atoms with Crippen LogP contribution in [0.2, 0.25) is 0 Å². The molecule has 1 saturated carbocycles. The first-order valence-electron chi connectivity index (χ1n) is 9.21. The Labute approximate surface area is 168 Å². The van der Waals surface area contributed by atoms with Crippen molar-refractivity contribution in [3.05, 3.63) is 47.8 Å². The number of benzene rings is 1. The van der Waals surface area contributed by atoms with E-state index in [1.807, 2.05) is 62.3 Å². The van der Waals surface area contributed by atoms with Gasteiger partial charge in [-0.05, 0) is 44.7 Å². The van der Waals surface area contributed by atoms with Crippen molar-refractivity contribution in [2.75, 3.05) is 24.3 Å². The predicted molar refractivity (Wildman–Crippen MR) is 113 cm³/mol. The summed E-state index contributed by atoms with van der Waals surface area (Å²) in [5.74, 6) is 2.43. The predicted octanol–water partition coefficient (Wildman–Crippen LogP) is 3.73. The Balaban J connectivity index is 1.58. The third-order valence-electron chi connectivity index (χ3n) is 4.78. The number of alkyl halides is 1. The lowest BCUT2D eigenvalue weighted by Gasteiger charge is -2.37. The first-order chi connectivity index (χ1) is 12.8. The van der Waals surface area contributed by atoms with E-state index in [1.165, 1.54) is 0 Å². The molecule has 1 heterocycles. The number of aromatic nitrogens is 2. The van der Waals surface area contributed by atoms with Crippen LogP contribution in [0.5, 0.6) is 0 Å². The number of amides is 1. The smallest absolute Gasteiger partial charge is 0.251 e. The molecular weight excluding hydrogens is 406 g/mol. The third kappa shape index (κ3) is 5.19. The molecule has 0 unspecified atom stereocenters. The Morgan fingerprint density at radius 2 is 1.85 bits per heavy atom. The second-order valence-corrected chi connectivity index (χ2v) is 8.78. The van der Waals surface area contributed by atoms with Crippen LogP contribution < -0.4 is 15.5 Å². The number of carbonyl (C=O) groups excluding carboxylic acids is 1. The van der Waals surface area contributed by atoms with E-state index in [0.29, 0.717) is 5.56 Å². The molecule has 2 aromatic rings. The Kier molecular flexibility index (Phi) is 5.99. The number of rotatable bonds is 5. The minimum Gasteiger partial charge on any atom is -0.363 e. The molecule has 1 fully saturated rings. The van der Waals surface area contributed by atoms with Crippen molar-refractivity contribution in [2.45, 2.75) is 43.1 Å². The van der Waals surface area contributed by atoms with Crippen LogP contribution >= 0.6 is 15.9 Å². The van der Waals surface area contributed by atoms with Crippen LogP contribution in [-0.2, 0) is 0 Å². The number of halogens is 1. The summed E-state index contributed by atoms with van der Waals surface area (Å²) in [4.78, 5) is 23.3. The molecule has 1 aliphatic rings. The summed E-state index contributed by atoms with van der Waals surface area (Å²) in [6, 6.07) is 11.5. The average Bonchev–Trinajstić information content (AvgIpc) is 2.64. The zero-order valence-corrected chi connectivity index (χ0v) is 17.6. The number of hydrogen-bond acceptors (Lipinski definition) is 5. The maximum absolute atomic E-state index is 12.3. The topological polar surface area (TPSA) is 70.2 Å². The number of anilines is 2. The van der Waals surface area contributed by atoms with Crippen LogP contribution in [0.3, 0.4) is 0 Å². The number of nitrogens with zero attached hydrogens (tertiary/aromatic N) is 3. The lowest BCUT2D eigenvalue weighted by molar-refractivity contribution is 0.0925. The second-order valence-electron chi connectivity index (χ2n) is 7.26. The van der Waals surface area contributed by atoms with Crippen molar-refractivity contribution in [1.29, 1.82) is 0 Å². The van der Waals surface area contributed by atoms with Crippen molar-refractivity contribution in [3.63, 3.8) is 0 Å². The van der Waals surface area contributed by atoms with Gasteiger partial charge >= 0.3 is 0 Å². The molecule has 1 amide bonds. The molecule has 0 bridgehead atoms. The van der Waals surface area contributed by atoms with Gasteiger partial charge in [-0.3, -0.25) is 4.79 Å². The fourth-order valence-corrected chi connectivity index (χ4v) is 3.94. The van der Waals surface area contributed by atoms with E-state index >= 15 is 0 Å². The highest BCUT2D eigenvalue weighted by molar-refractivity contribution is 9.10. The first-order valence-corrected chi connectivity index (χ1v) is 10.00. The summed E-state index contributed by atoms with van der Waals surface area (Å²) >= 11 is 3.86. The van der Waals surface area contributed by atoms with Crippen LogP contribution in [0, 0.1) is 6.92 Å². The van der Waals surface area contributed by atoms with Gasteiger partial charge in [0.05, 0.1) is 4.45 Å². The zero-order valence-electron chi connectivity index (χ0n) is 16.0. The van der Waals surface area contributed by atoms with E-state index in [9.17, 15) is 4.79 Å². The molecule has 0 atom stereocenters. The summed E-state index contributed by atoms with van der Waals surface area (Å²) in [5, 5.41) is 6.68. The first kappa shape index (κ1) is 19.6. The molecule has 7 heteroatoms. The summed E-state index contributed by atoms with van der Waals surface area (Å²) in [6.45, 7) is 1.90. The van der Waals surface area contributed by atoms with Gasteiger partial charge in [-0.25, -0.2) is 9.97 Å². The highest BCUT2D eigenvalue weighted by atomic mass is 79.9. The highest BCUT2D eigenvalue weighted by Gasteiger charge is 2.34. The summed E-state index contributed by atoms with van der Waals surface area (Å²) < 4.78 is -0.217. The van der Waals surface area contributed by atoms with Crippen molar-refractivity contribution < 1.29 is 4.79 Å². The molecule has 1 aromatic heterocycles. The van der Waals surface area contributed by atoms with E-state index in [4.69, 9.17) is 0 Å². The fraction of sp³-hybridized carbons (Fsp3) is 0.450. The summed E-state index contributed by atoms with van der Waals surface area (Å²) in [7, 11) is 3.94. The van der Waals surface area contributed by atoms with Gasteiger partial charge in [0.15, 0.2) is 0 Å². The van der Waals surface area contributed by atoms with Crippen LogP contribution in [0.15, 0.2) is 36.4 Å². The number of carbonyl (C=O) groups is 1. The van der Waals surface area contributed by atoms with Crippen molar-refractivity contribution in [1.82, 2.24) is 15.3 Å². The van der Waals surface area contributed by atoms with Gasteiger partial charge in [0.2, 0.25) is 0 Å². The monoisotopic (exact) mass is 431 g/mol. The zero-order chi connectivity index (χ0) is 19.4. The largest absolute Gasteiger partial charge is 0.363 e. The molecular formula is C20H26BrN5O. The van der Waals surface area contributed by atoms with Gasteiger partial charge in [-0.1, -0.05) is 34.1 Å². The van der Waals surface area contributed by atoms with Gasteiger partial charge in [0.1, 0.15) is 17.5 Å². The van der Waals surface area contributed by atoms with Gasteiger partial charge in [-0.15, -0.1) is 0 Å². The molecule has 1 aromatic carbocycles. The third-order valence-corrected chi connectivity index (χ3v) is 5.78. The molecule has 27 heavy (non-hydrogen) atoms. The molecule has 144 valence electrons. The second kappa shape index (κ2) is 8.25. The minimum absolute atomic E-state index is 0.00215. The van der Waals surface area contributed by atoms with Gasteiger partial charge in [-0.2, -0.15) is 0 Å². The summed E-state index contributed by atoms with van der Waals surface area (Å²) in [5.41, 5.74) is 0.707. The van der Waals surface area contributed by atoms with Gasteiger partial charge in [0, 0.05) is 31.8 Å². The lowest BCUT2D eigenvalue weighted by atomic mass is 9.90. The normalized spacial score (nSPS) is 22.1. The Hall–Kier alpha value is -2.15. The Bertz CT molecular complexity index is 788. The highest BCUT2D eigenvalue weighted by Crippen LogP contribution is 2.37. The molecule has 3 rings (SSSR count). The molecule has 0 saturated heterocycles. The summed E-state index contributed by atoms with van der Waals surface area (Å²) in [6.07, 6.45) is 3.60. The standard InChI is InChI=1S/C20H26BrN5O/c1-14-22-17(13-18(23-14)26(2)3)25-20(21)11-9-16(10-12-20)24-19(27)15-7-5-4-6-8-15/h4-8,13,16H,9-12H2,1-3H3,(H,24,27)(H,22,23,25). The van der Waals surface area contributed by atoms with E-state index in [2.05, 4.69) is 36.5 Å². The maximum atomic E-state index is 12.3.